The van der Waals surface area contributed by atoms with Crippen LogP contribution in [0.5, 0.6) is 5.75 Å². The van der Waals surface area contributed by atoms with Gasteiger partial charge in [-0.3, -0.25) is 4.68 Å². The average Bonchev–Trinajstić information content (AvgIpc) is 2.76. The van der Waals surface area contributed by atoms with Crippen molar-refractivity contribution in [3.63, 3.8) is 0 Å². The number of nitrogens with zero attached hydrogens (tertiary/aromatic N) is 2. The molecule has 0 radical (unpaired) electrons. The lowest BCUT2D eigenvalue weighted by Crippen LogP contribution is -2.03. The maximum atomic E-state index is 10.8. The molecule has 2 N–H and O–H groups in total. The quantitative estimate of drug-likeness (QED) is 0.886. The number of carboxylic acids is 1. The number of aromatic hydroxyl groups is 1. The van der Waals surface area contributed by atoms with Crippen molar-refractivity contribution in [3.05, 3.63) is 36.2 Å². The second-order valence-electron chi connectivity index (χ2n) is 4.88. The van der Waals surface area contributed by atoms with E-state index >= 15 is 0 Å². The summed E-state index contributed by atoms with van der Waals surface area (Å²) >= 11 is 0. The molecule has 0 fully saturated rings. The summed E-state index contributed by atoms with van der Waals surface area (Å²) in [6.07, 6.45) is 3.51. The molecule has 1 heterocycles. The van der Waals surface area contributed by atoms with E-state index in [1.807, 2.05) is 10.9 Å². The van der Waals surface area contributed by atoms with E-state index in [-0.39, 0.29) is 11.3 Å². The fraction of sp³-hybridized carbons (Fsp3) is 0.286. The highest BCUT2D eigenvalue weighted by Gasteiger charge is 2.11. The van der Waals surface area contributed by atoms with E-state index in [2.05, 4.69) is 18.9 Å². The van der Waals surface area contributed by atoms with E-state index in [1.165, 1.54) is 12.1 Å². The predicted molar refractivity (Wildman–Crippen MR) is 71.1 cm³/mol. The molecular weight excluding hydrogens is 244 g/mol. The van der Waals surface area contributed by atoms with Crippen molar-refractivity contribution in [2.45, 2.75) is 20.4 Å². The van der Waals surface area contributed by atoms with Crippen LogP contribution in [0, 0.1) is 5.92 Å². The van der Waals surface area contributed by atoms with Gasteiger partial charge in [-0.2, -0.15) is 5.10 Å². The first-order chi connectivity index (χ1) is 8.97. The zero-order valence-corrected chi connectivity index (χ0v) is 10.9. The minimum absolute atomic E-state index is 0.0519. The molecule has 2 aromatic rings. The van der Waals surface area contributed by atoms with Gasteiger partial charge in [0.2, 0.25) is 0 Å². The third-order valence-electron chi connectivity index (χ3n) is 2.74. The maximum Gasteiger partial charge on any atom is 0.335 e. The molecule has 0 aliphatic heterocycles. The summed E-state index contributed by atoms with van der Waals surface area (Å²) in [6, 6.07) is 4.31. The van der Waals surface area contributed by atoms with Crippen molar-refractivity contribution in [1.82, 2.24) is 9.78 Å². The molecule has 2 rings (SSSR count). The van der Waals surface area contributed by atoms with Crippen LogP contribution < -0.4 is 0 Å². The largest absolute Gasteiger partial charge is 0.507 e. The lowest BCUT2D eigenvalue weighted by Gasteiger charge is -2.04. The zero-order chi connectivity index (χ0) is 14.0. The van der Waals surface area contributed by atoms with Crippen LogP contribution in [0.15, 0.2) is 30.6 Å². The Morgan fingerprint density at radius 1 is 1.42 bits per heavy atom. The highest BCUT2D eigenvalue weighted by atomic mass is 16.4. The monoisotopic (exact) mass is 260 g/mol. The fourth-order valence-electron chi connectivity index (χ4n) is 1.89. The summed E-state index contributed by atoms with van der Waals surface area (Å²) in [5.74, 6) is -0.628. The second-order valence-corrected chi connectivity index (χ2v) is 4.88. The molecule has 1 aromatic carbocycles. The van der Waals surface area contributed by atoms with Crippen molar-refractivity contribution in [1.29, 1.82) is 0 Å². The van der Waals surface area contributed by atoms with E-state index in [0.29, 0.717) is 11.5 Å². The molecular formula is C14H16N2O3. The first kappa shape index (κ1) is 13.1. The molecule has 0 spiro atoms. The number of benzene rings is 1. The maximum absolute atomic E-state index is 10.8. The van der Waals surface area contributed by atoms with Gasteiger partial charge in [-0.15, -0.1) is 0 Å². The Bertz CT molecular complexity index is 602. The number of phenols is 1. The van der Waals surface area contributed by atoms with Crippen LogP contribution in [0.3, 0.4) is 0 Å². The van der Waals surface area contributed by atoms with Gasteiger partial charge in [0.15, 0.2) is 0 Å². The first-order valence-electron chi connectivity index (χ1n) is 6.06. The Morgan fingerprint density at radius 2 is 2.16 bits per heavy atom. The molecule has 19 heavy (non-hydrogen) atoms. The zero-order valence-electron chi connectivity index (χ0n) is 10.9. The van der Waals surface area contributed by atoms with Gasteiger partial charge in [-0.05, 0) is 24.1 Å². The summed E-state index contributed by atoms with van der Waals surface area (Å²) in [5, 5.41) is 23.0. The highest BCUT2D eigenvalue weighted by Crippen LogP contribution is 2.29. The van der Waals surface area contributed by atoms with Crippen LogP contribution in [0.1, 0.15) is 24.2 Å². The third-order valence-corrected chi connectivity index (χ3v) is 2.74. The number of aromatic nitrogens is 2. The number of hydrogen-bond acceptors (Lipinski definition) is 3. The van der Waals surface area contributed by atoms with E-state index in [4.69, 9.17) is 5.11 Å². The minimum Gasteiger partial charge on any atom is -0.507 e. The molecule has 0 unspecified atom stereocenters. The van der Waals surface area contributed by atoms with Gasteiger partial charge in [0.25, 0.3) is 0 Å². The van der Waals surface area contributed by atoms with Crippen LogP contribution in [0.4, 0.5) is 0 Å². The van der Waals surface area contributed by atoms with Crippen LogP contribution in [-0.2, 0) is 6.54 Å². The highest BCUT2D eigenvalue weighted by molar-refractivity contribution is 5.89. The van der Waals surface area contributed by atoms with E-state index in [1.54, 1.807) is 12.3 Å². The SMILES string of the molecule is CC(C)Cn1cc(-c2ccc(C(=O)O)cc2O)cn1. The minimum atomic E-state index is -1.06. The van der Waals surface area contributed by atoms with E-state index < -0.39 is 5.97 Å². The van der Waals surface area contributed by atoms with Gasteiger partial charge in [0, 0.05) is 23.9 Å². The average molecular weight is 260 g/mol. The summed E-state index contributed by atoms with van der Waals surface area (Å²) in [5.41, 5.74) is 1.42. The number of carbonyl (C=O) groups is 1. The van der Waals surface area contributed by atoms with E-state index in [0.717, 1.165) is 12.1 Å². The number of hydrogen-bond donors (Lipinski definition) is 2. The number of rotatable bonds is 4. The van der Waals surface area contributed by atoms with E-state index in [9.17, 15) is 9.90 Å². The standard InChI is InChI=1S/C14H16N2O3/c1-9(2)7-16-8-11(6-15-16)12-4-3-10(14(18)19)5-13(12)17/h3-6,8-9,17H,7H2,1-2H3,(H,18,19). The Hall–Kier alpha value is -2.30. The van der Waals surface area contributed by atoms with Gasteiger partial charge in [0.05, 0.1) is 11.8 Å². The summed E-state index contributed by atoms with van der Waals surface area (Å²) in [7, 11) is 0. The summed E-state index contributed by atoms with van der Waals surface area (Å²) < 4.78 is 1.81. The molecule has 5 heteroatoms. The lowest BCUT2D eigenvalue weighted by molar-refractivity contribution is 0.0696. The van der Waals surface area contributed by atoms with Crippen LogP contribution in [0.25, 0.3) is 11.1 Å². The topological polar surface area (TPSA) is 75.4 Å². The molecule has 100 valence electrons. The lowest BCUT2D eigenvalue weighted by atomic mass is 10.1. The van der Waals surface area contributed by atoms with Gasteiger partial charge >= 0.3 is 5.97 Å². The van der Waals surface area contributed by atoms with Gasteiger partial charge in [0.1, 0.15) is 5.75 Å². The van der Waals surface area contributed by atoms with Crippen LogP contribution in [0.2, 0.25) is 0 Å². The van der Waals surface area contributed by atoms with Crippen molar-refractivity contribution in [2.75, 3.05) is 0 Å². The number of phenolic OH excluding ortho intramolecular Hbond substituents is 1. The Morgan fingerprint density at radius 3 is 2.74 bits per heavy atom. The Labute approximate surface area is 111 Å². The smallest absolute Gasteiger partial charge is 0.335 e. The molecule has 0 atom stereocenters. The van der Waals surface area contributed by atoms with Gasteiger partial charge in [-0.25, -0.2) is 4.79 Å². The van der Waals surface area contributed by atoms with Gasteiger partial charge < -0.3 is 10.2 Å². The molecule has 0 aliphatic rings. The Kier molecular flexibility index (Phi) is 3.55. The van der Waals surface area contributed by atoms with Crippen molar-refractivity contribution >= 4 is 5.97 Å². The second kappa shape index (κ2) is 5.14. The predicted octanol–water partition coefficient (Wildman–Crippen LogP) is 2.61. The summed E-state index contributed by atoms with van der Waals surface area (Å²) in [4.78, 5) is 10.8. The fourth-order valence-corrected chi connectivity index (χ4v) is 1.89. The molecule has 0 saturated heterocycles. The third kappa shape index (κ3) is 2.93. The van der Waals surface area contributed by atoms with Crippen LogP contribution in [-0.4, -0.2) is 26.0 Å². The first-order valence-corrected chi connectivity index (χ1v) is 6.06. The number of carboxylic acid groups (broad SMARTS) is 1. The summed E-state index contributed by atoms with van der Waals surface area (Å²) in [6.45, 7) is 4.99. The molecule has 1 aromatic heterocycles. The van der Waals surface area contributed by atoms with Crippen molar-refractivity contribution in [2.24, 2.45) is 5.92 Å². The van der Waals surface area contributed by atoms with Crippen molar-refractivity contribution in [3.8, 4) is 16.9 Å². The van der Waals surface area contributed by atoms with Crippen molar-refractivity contribution < 1.29 is 15.0 Å². The molecule has 5 nitrogen and oxygen atoms in total. The molecule has 0 bridgehead atoms. The molecule has 0 aliphatic carbocycles. The normalized spacial score (nSPS) is 10.9. The van der Waals surface area contributed by atoms with Gasteiger partial charge in [-0.1, -0.05) is 13.8 Å². The Balaban J connectivity index is 2.31. The molecule has 0 saturated carbocycles. The van der Waals surface area contributed by atoms with Crippen LogP contribution >= 0.6 is 0 Å². The molecule has 0 amide bonds. The number of aromatic carboxylic acids is 1.